The summed E-state index contributed by atoms with van der Waals surface area (Å²) < 4.78 is 0. The molecule has 2 heterocycles. The molecule has 0 bridgehead atoms. The van der Waals surface area contributed by atoms with Gasteiger partial charge in [0.05, 0.1) is 5.52 Å². The number of aryl methyl sites for hydroxylation is 2. The van der Waals surface area contributed by atoms with E-state index in [1.165, 1.54) is 33.3 Å². The number of likely N-dealkylation sites (N-methyl/N-ethyl adjacent to an activating group) is 1. The Labute approximate surface area is 119 Å². The highest BCUT2D eigenvalue weighted by atomic mass is 35.5. The summed E-state index contributed by atoms with van der Waals surface area (Å²) in [7, 11) is 2.16. The average molecular weight is 275 g/mol. The highest BCUT2D eigenvalue weighted by Gasteiger charge is 2.20. The van der Waals surface area contributed by atoms with Gasteiger partial charge in [-0.05, 0) is 55.3 Å². The number of hydrogen-bond donors (Lipinski definition) is 0. The Kier molecular flexibility index (Phi) is 3.23. The highest BCUT2D eigenvalue weighted by molar-refractivity contribution is 6.18. The van der Waals surface area contributed by atoms with Crippen molar-refractivity contribution < 1.29 is 0 Å². The lowest BCUT2D eigenvalue weighted by atomic mass is 9.95. The van der Waals surface area contributed by atoms with E-state index in [0.29, 0.717) is 5.88 Å². The third kappa shape index (κ3) is 2.13. The van der Waals surface area contributed by atoms with Crippen molar-refractivity contribution in [2.24, 2.45) is 0 Å². The van der Waals surface area contributed by atoms with Crippen LogP contribution in [-0.2, 0) is 18.8 Å². The molecule has 2 aromatic rings. The zero-order chi connectivity index (χ0) is 13.6. The Hall–Kier alpha value is -1.12. The van der Waals surface area contributed by atoms with Crippen LogP contribution in [0.2, 0.25) is 0 Å². The van der Waals surface area contributed by atoms with E-state index in [-0.39, 0.29) is 0 Å². The summed E-state index contributed by atoms with van der Waals surface area (Å²) in [6.07, 6.45) is 1.03. The third-order valence-electron chi connectivity index (χ3n) is 4.20. The SMILES string of the molecule is Cc1cc2nc3c(c(CCl)c2cc1C)CN(C)CC3. The van der Waals surface area contributed by atoms with Crippen LogP contribution in [-0.4, -0.2) is 23.5 Å². The number of alkyl halides is 1. The molecule has 19 heavy (non-hydrogen) atoms. The number of rotatable bonds is 1. The van der Waals surface area contributed by atoms with Gasteiger partial charge in [-0.15, -0.1) is 11.6 Å². The second-order valence-corrected chi connectivity index (χ2v) is 5.86. The van der Waals surface area contributed by atoms with E-state index in [0.717, 1.165) is 25.0 Å². The second kappa shape index (κ2) is 4.77. The van der Waals surface area contributed by atoms with Crippen molar-refractivity contribution >= 4 is 22.5 Å². The van der Waals surface area contributed by atoms with Gasteiger partial charge in [0.1, 0.15) is 0 Å². The summed E-state index contributed by atoms with van der Waals surface area (Å²) >= 11 is 6.24. The summed E-state index contributed by atoms with van der Waals surface area (Å²) in [5.41, 5.74) is 7.57. The topological polar surface area (TPSA) is 16.1 Å². The largest absolute Gasteiger partial charge is 0.302 e. The number of halogens is 1. The first-order valence-electron chi connectivity index (χ1n) is 6.76. The molecule has 0 saturated heterocycles. The number of aromatic nitrogens is 1. The van der Waals surface area contributed by atoms with E-state index >= 15 is 0 Å². The first kappa shape index (κ1) is 12.9. The number of pyridine rings is 1. The molecule has 1 aliphatic rings. The molecule has 1 aromatic carbocycles. The molecule has 1 aromatic heterocycles. The van der Waals surface area contributed by atoms with E-state index in [2.05, 4.69) is 37.9 Å². The van der Waals surface area contributed by atoms with Crippen molar-refractivity contribution in [3.8, 4) is 0 Å². The lowest BCUT2D eigenvalue weighted by Gasteiger charge is -2.27. The zero-order valence-electron chi connectivity index (χ0n) is 11.8. The molecule has 1 aliphatic heterocycles. The van der Waals surface area contributed by atoms with Gasteiger partial charge < -0.3 is 4.90 Å². The first-order chi connectivity index (χ1) is 9.10. The molecule has 0 unspecified atom stereocenters. The molecule has 0 saturated carbocycles. The molecule has 0 spiro atoms. The fourth-order valence-electron chi connectivity index (χ4n) is 2.88. The van der Waals surface area contributed by atoms with Gasteiger partial charge in [-0.3, -0.25) is 4.98 Å². The van der Waals surface area contributed by atoms with Crippen LogP contribution in [0.4, 0.5) is 0 Å². The van der Waals surface area contributed by atoms with Gasteiger partial charge in [0, 0.05) is 36.5 Å². The maximum absolute atomic E-state index is 6.24. The van der Waals surface area contributed by atoms with Crippen LogP contribution < -0.4 is 0 Å². The van der Waals surface area contributed by atoms with Crippen LogP contribution in [0.25, 0.3) is 10.9 Å². The van der Waals surface area contributed by atoms with Crippen LogP contribution in [0.3, 0.4) is 0 Å². The first-order valence-corrected chi connectivity index (χ1v) is 7.29. The summed E-state index contributed by atoms with van der Waals surface area (Å²) in [4.78, 5) is 7.22. The molecule has 3 heteroatoms. The fraction of sp³-hybridized carbons (Fsp3) is 0.438. The molecule has 0 atom stereocenters. The molecule has 100 valence electrons. The lowest BCUT2D eigenvalue weighted by molar-refractivity contribution is 0.309. The van der Waals surface area contributed by atoms with Crippen molar-refractivity contribution in [3.63, 3.8) is 0 Å². The fourth-order valence-corrected chi connectivity index (χ4v) is 3.18. The third-order valence-corrected chi connectivity index (χ3v) is 4.46. The highest BCUT2D eigenvalue weighted by Crippen LogP contribution is 2.30. The molecule has 0 amide bonds. The van der Waals surface area contributed by atoms with Crippen LogP contribution in [0, 0.1) is 13.8 Å². The Bertz CT molecular complexity index is 649. The predicted octanol–water partition coefficient (Wildman–Crippen LogP) is 3.58. The minimum Gasteiger partial charge on any atom is -0.302 e. The van der Waals surface area contributed by atoms with Crippen molar-refractivity contribution in [2.45, 2.75) is 32.7 Å². The van der Waals surface area contributed by atoms with Gasteiger partial charge in [0.2, 0.25) is 0 Å². The number of hydrogen-bond acceptors (Lipinski definition) is 2. The van der Waals surface area contributed by atoms with Crippen molar-refractivity contribution in [3.05, 3.63) is 40.1 Å². The van der Waals surface area contributed by atoms with Gasteiger partial charge in [-0.25, -0.2) is 0 Å². The van der Waals surface area contributed by atoms with Crippen LogP contribution in [0.1, 0.15) is 27.9 Å². The Morgan fingerprint density at radius 1 is 1.26 bits per heavy atom. The quantitative estimate of drug-likeness (QED) is 0.739. The minimum atomic E-state index is 0.567. The Balaban J connectivity index is 2.32. The summed E-state index contributed by atoms with van der Waals surface area (Å²) in [5.74, 6) is 0.567. The minimum absolute atomic E-state index is 0.567. The van der Waals surface area contributed by atoms with Gasteiger partial charge in [-0.2, -0.15) is 0 Å². The molecule has 0 N–H and O–H groups in total. The molecule has 0 aliphatic carbocycles. The summed E-state index contributed by atoms with van der Waals surface area (Å²) in [6, 6.07) is 4.43. The van der Waals surface area contributed by atoms with E-state index in [1.807, 2.05) is 0 Å². The molecular formula is C16H19ClN2. The number of benzene rings is 1. The van der Waals surface area contributed by atoms with Crippen LogP contribution >= 0.6 is 11.6 Å². The van der Waals surface area contributed by atoms with E-state index in [9.17, 15) is 0 Å². The Morgan fingerprint density at radius 2 is 2.00 bits per heavy atom. The predicted molar refractivity (Wildman–Crippen MR) is 80.8 cm³/mol. The molecule has 0 fully saturated rings. The summed E-state index contributed by atoms with van der Waals surface area (Å²) in [6.45, 7) is 6.34. The van der Waals surface area contributed by atoms with Crippen LogP contribution in [0.5, 0.6) is 0 Å². The van der Waals surface area contributed by atoms with E-state index in [4.69, 9.17) is 16.6 Å². The maximum atomic E-state index is 6.24. The summed E-state index contributed by atoms with van der Waals surface area (Å²) in [5, 5.41) is 1.23. The van der Waals surface area contributed by atoms with Gasteiger partial charge in [0.15, 0.2) is 0 Å². The van der Waals surface area contributed by atoms with Crippen molar-refractivity contribution in [2.75, 3.05) is 13.6 Å². The zero-order valence-corrected chi connectivity index (χ0v) is 12.5. The number of fused-ring (bicyclic) bond motifs is 2. The average Bonchev–Trinajstić information content (AvgIpc) is 2.38. The molecular weight excluding hydrogens is 256 g/mol. The molecule has 0 radical (unpaired) electrons. The van der Waals surface area contributed by atoms with Crippen LogP contribution in [0.15, 0.2) is 12.1 Å². The normalized spacial score (nSPS) is 15.8. The lowest BCUT2D eigenvalue weighted by Crippen LogP contribution is -2.28. The van der Waals surface area contributed by atoms with Crippen molar-refractivity contribution in [1.82, 2.24) is 9.88 Å². The smallest absolute Gasteiger partial charge is 0.0711 e. The molecule has 2 nitrogen and oxygen atoms in total. The molecule has 3 rings (SSSR count). The van der Waals surface area contributed by atoms with Gasteiger partial charge in [0.25, 0.3) is 0 Å². The standard InChI is InChI=1S/C16H19ClN2/c1-10-6-12-13(8-17)14-9-19(3)5-4-15(14)18-16(12)7-11(10)2/h6-7H,4-5,8-9H2,1-3H3. The Morgan fingerprint density at radius 3 is 2.74 bits per heavy atom. The van der Waals surface area contributed by atoms with Gasteiger partial charge in [-0.1, -0.05) is 0 Å². The van der Waals surface area contributed by atoms with E-state index in [1.54, 1.807) is 0 Å². The van der Waals surface area contributed by atoms with Gasteiger partial charge >= 0.3 is 0 Å². The monoisotopic (exact) mass is 274 g/mol. The van der Waals surface area contributed by atoms with Crippen molar-refractivity contribution in [1.29, 1.82) is 0 Å². The number of nitrogens with zero attached hydrogens (tertiary/aromatic N) is 2. The van der Waals surface area contributed by atoms with E-state index < -0.39 is 0 Å². The maximum Gasteiger partial charge on any atom is 0.0711 e. The second-order valence-electron chi connectivity index (χ2n) is 5.59.